The van der Waals surface area contributed by atoms with Crippen molar-refractivity contribution >= 4 is 28.3 Å². The minimum atomic E-state index is -1.02. The first-order chi connectivity index (χ1) is 16.8. The lowest BCUT2D eigenvalue weighted by molar-refractivity contribution is -0.124. The Kier molecular flexibility index (Phi) is 6.82. The molecule has 1 atom stereocenters. The zero-order valence-electron chi connectivity index (χ0n) is 20.3. The molecule has 178 valence electrons. The second kappa shape index (κ2) is 9.97. The van der Waals surface area contributed by atoms with Gasteiger partial charge >= 0.3 is 5.97 Å². The largest absolute Gasteiger partial charge is 0.448 e. The Morgan fingerprint density at radius 2 is 1.60 bits per heavy atom. The Morgan fingerprint density at radius 1 is 0.943 bits per heavy atom. The predicted molar refractivity (Wildman–Crippen MR) is 139 cm³/mol. The zero-order valence-corrected chi connectivity index (χ0v) is 20.3. The molecule has 0 saturated carbocycles. The summed E-state index contributed by atoms with van der Waals surface area (Å²) in [6, 6.07) is 22.3. The molecule has 0 aliphatic rings. The first-order valence-electron chi connectivity index (χ1n) is 11.6. The molecule has 6 heteroatoms. The van der Waals surface area contributed by atoms with Gasteiger partial charge in [0.1, 0.15) is 5.69 Å². The van der Waals surface area contributed by atoms with E-state index >= 15 is 0 Å². The Labute approximate surface area is 204 Å². The summed E-state index contributed by atoms with van der Waals surface area (Å²) < 4.78 is 7.03. The Morgan fingerprint density at radius 3 is 2.26 bits per heavy atom. The molecule has 0 aliphatic heterocycles. The SMILES string of the molecule is CCC(OC(=O)c1c(-c2ccccc2)c2ccccc2c(=O)n1C)C(=O)Nc1ccc(C)cc1C. The van der Waals surface area contributed by atoms with Gasteiger partial charge in [0.2, 0.25) is 0 Å². The normalized spacial score (nSPS) is 11.8. The van der Waals surface area contributed by atoms with Gasteiger partial charge in [0.15, 0.2) is 6.10 Å². The molecule has 0 spiro atoms. The van der Waals surface area contributed by atoms with Crippen LogP contribution in [0.3, 0.4) is 0 Å². The number of nitrogens with zero attached hydrogens (tertiary/aromatic N) is 1. The molecule has 4 aromatic rings. The third kappa shape index (κ3) is 4.73. The number of benzene rings is 3. The molecule has 0 saturated heterocycles. The van der Waals surface area contributed by atoms with Crippen molar-refractivity contribution in [3.8, 4) is 11.1 Å². The highest BCUT2D eigenvalue weighted by atomic mass is 16.5. The standard InChI is InChI=1S/C29H28N2O4/c1-5-24(27(32)30-23-16-15-18(2)17-19(23)3)35-29(34)26-25(20-11-7-6-8-12-20)21-13-9-10-14-22(21)28(33)31(26)4/h6-17,24H,5H2,1-4H3,(H,30,32). The van der Waals surface area contributed by atoms with Gasteiger partial charge in [-0.25, -0.2) is 4.79 Å². The van der Waals surface area contributed by atoms with E-state index < -0.39 is 18.0 Å². The van der Waals surface area contributed by atoms with E-state index in [0.717, 1.165) is 16.7 Å². The third-order valence-corrected chi connectivity index (χ3v) is 6.11. The van der Waals surface area contributed by atoms with Crippen LogP contribution in [0.2, 0.25) is 0 Å². The van der Waals surface area contributed by atoms with Crippen LogP contribution in [0.4, 0.5) is 5.69 Å². The summed E-state index contributed by atoms with van der Waals surface area (Å²) in [6.07, 6.45) is -0.738. The Hall–Kier alpha value is -4.19. The molecule has 1 amide bonds. The number of aryl methyl sites for hydroxylation is 2. The number of pyridine rings is 1. The summed E-state index contributed by atoms with van der Waals surface area (Å²) in [6.45, 7) is 5.66. The molecule has 1 N–H and O–H groups in total. The molecule has 0 radical (unpaired) electrons. The molecule has 1 aromatic heterocycles. The highest BCUT2D eigenvalue weighted by Crippen LogP contribution is 2.31. The average molecular weight is 469 g/mol. The van der Waals surface area contributed by atoms with Gasteiger partial charge in [0, 0.05) is 23.7 Å². The fourth-order valence-corrected chi connectivity index (χ4v) is 4.28. The molecule has 0 bridgehead atoms. The number of amides is 1. The molecular weight excluding hydrogens is 440 g/mol. The number of rotatable bonds is 6. The monoisotopic (exact) mass is 468 g/mol. The van der Waals surface area contributed by atoms with Crippen LogP contribution in [-0.2, 0) is 16.6 Å². The number of fused-ring (bicyclic) bond motifs is 1. The van der Waals surface area contributed by atoms with E-state index in [2.05, 4.69) is 5.32 Å². The van der Waals surface area contributed by atoms with Crippen LogP contribution in [0.1, 0.15) is 35.0 Å². The van der Waals surface area contributed by atoms with Crippen LogP contribution < -0.4 is 10.9 Å². The fourth-order valence-electron chi connectivity index (χ4n) is 4.28. The van der Waals surface area contributed by atoms with Gasteiger partial charge in [-0.1, -0.05) is 73.2 Å². The topological polar surface area (TPSA) is 77.4 Å². The molecule has 1 unspecified atom stereocenters. The molecule has 4 rings (SSSR count). The minimum Gasteiger partial charge on any atom is -0.448 e. The van der Waals surface area contributed by atoms with Gasteiger partial charge in [-0.3, -0.25) is 9.59 Å². The summed E-state index contributed by atoms with van der Waals surface area (Å²) >= 11 is 0. The number of ether oxygens (including phenoxy) is 1. The number of carbonyl (C=O) groups excluding carboxylic acids is 2. The summed E-state index contributed by atoms with van der Waals surface area (Å²) in [5.74, 6) is -1.14. The van der Waals surface area contributed by atoms with E-state index in [0.29, 0.717) is 22.0 Å². The smallest absolute Gasteiger partial charge is 0.356 e. The van der Waals surface area contributed by atoms with Crippen molar-refractivity contribution < 1.29 is 14.3 Å². The van der Waals surface area contributed by atoms with Gasteiger partial charge in [-0.15, -0.1) is 0 Å². The van der Waals surface area contributed by atoms with E-state index in [1.54, 1.807) is 26.1 Å². The van der Waals surface area contributed by atoms with Gasteiger partial charge in [-0.2, -0.15) is 0 Å². The second-order valence-corrected chi connectivity index (χ2v) is 8.61. The summed E-state index contributed by atoms with van der Waals surface area (Å²) in [7, 11) is 1.55. The maximum absolute atomic E-state index is 13.5. The zero-order chi connectivity index (χ0) is 25.1. The van der Waals surface area contributed by atoms with Crippen molar-refractivity contribution in [2.24, 2.45) is 7.05 Å². The van der Waals surface area contributed by atoms with Crippen molar-refractivity contribution in [1.82, 2.24) is 4.57 Å². The van der Waals surface area contributed by atoms with Crippen LogP contribution >= 0.6 is 0 Å². The lowest BCUT2D eigenvalue weighted by atomic mass is 9.97. The molecule has 0 fully saturated rings. The van der Waals surface area contributed by atoms with Gasteiger partial charge in [-0.05, 0) is 48.9 Å². The van der Waals surface area contributed by atoms with Crippen LogP contribution in [0.5, 0.6) is 0 Å². The van der Waals surface area contributed by atoms with Crippen LogP contribution in [-0.4, -0.2) is 22.5 Å². The van der Waals surface area contributed by atoms with Crippen molar-refractivity contribution in [3.63, 3.8) is 0 Å². The van der Waals surface area contributed by atoms with E-state index in [1.807, 2.05) is 74.5 Å². The maximum atomic E-state index is 13.5. The Balaban J connectivity index is 1.74. The first-order valence-corrected chi connectivity index (χ1v) is 11.6. The molecule has 1 heterocycles. The maximum Gasteiger partial charge on any atom is 0.356 e. The average Bonchev–Trinajstić information content (AvgIpc) is 2.86. The Bertz CT molecular complexity index is 1470. The molecule has 35 heavy (non-hydrogen) atoms. The van der Waals surface area contributed by atoms with Gasteiger partial charge in [0.25, 0.3) is 11.5 Å². The number of hydrogen-bond acceptors (Lipinski definition) is 4. The third-order valence-electron chi connectivity index (χ3n) is 6.11. The number of aromatic nitrogens is 1. The van der Waals surface area contributed by atoms with Crippen molar-refractivity contribution in [1.29, 1.82) is 0 Å². The van der Waals surface area contributed by atoms with E-state index in [1.165, 1.54) is 4.57 Å². The number of nitrogens with one attached hydrogen (secondary N) is 1. The quantitative estimate of drug-likeness (QED) is 0.385. The summed E-state index contributed by atoms with van der Waals surface area (Å²) in [4.78, 5) is 39.6. The van der Waals surface area contributed by atoms with Crippen LogP contribution in [0, 0.1) is 13.8 Å². The van der Waals surface area contributed by atoms with E-state index in [4.69, 9.17) is 4.74 Å². The van der Waals surface area contributed by atoms with E-state index in [-0.39, 0.29) is 17.7 Å². The second-order valence-electron chi connectivity index (χ2n) is 8.61. The fraction of sp³-hybridized carbons (Fsp3) is 0.207. The van der Waals surface area contributed by atoms with E-state index in [9.17, 15) is 14.4 Å². The van der Waals surface area contributed by atoms with Crippen molar-refractivity contribution in [2.45, 2.75) is 33.3 Å². The van der Waals surface area contributed by atoms with Crippen LogP contribution in [0.25, 0.3) is 21.9 Å². The van der Waals surface area contributed by atoms with Crippen molar-refractivity contribution in [3.05, 3.63) is 100.0 Å². The van der Waals surface area contributed by atoms with Crippen LogP contribution in [0.15, 0.2) is 77.6 Å². The molecular formula is C29H28N2O4. The number of hydrogen-bond donors (Lipinski definition) is 1. The van der Waals surface area contributed by atoms with Crippen molar-refractivity contribution in [2.75, 3.05) is 5.32 Å². The molecule has 3 aromatic carbocycles. The van der Waals surface area contributed by atoms with Gasteiger partial charge in [0.05, 0.1) is 0 Å². The predicted octanol–water partition coefficient (Wildman–Crippen LogP) is 5.40. The highest BCUT2D eigenvalue weighted by Gasteiger charge is 2.28. The van der Waals surface area contributed by atoms with Gasteiger partial charge < -0.3 is 14.6 Å². The first kappa shape index (κ1) is 24.0. The molecule has 6 nitrogen and oxygen atoms in total. The summed E-state index contributed by atoms with van der Waals surface area (Å²) in [5, 5.41) is 4.02. The number of carbonyl (C=O) groups is 2. The number of anilines is 1. The molecule has 0 aliphatic carbocycles. The summed E-state index contributed by atoms with van der Waals surface area (Å²) in [5.41, 5.74) is 3.85. The lowest BCUT2D eigenvalue weighted by Gasteiger charge is -2.20. The highest BCUT2D eigenvalue weighted by molar-refractivity contribution is 6.07. The number of esters is 1. The lowest BCUT2D eigenvalue weighted by Crippen LogP contribution is -2.34. The minimum absolute atomic E-state index is 0.109.